The van der Waals surface area contributed by atoms with Crippen molar-refractivity contribution in [3.8, 4) is 10.9 Å². The lowest BCUT2D eigenvalue weighted by Crippen LogP contribution is -2.57. The number of halogens is 3. The molecule has 0 unspecified atom stereocenters. The molecule has 284 valence electrons. The topological polar surface area (TPSA) is 156 Å². The number of amides is 3. The van der Waals surface area contributed by atoms with Crippen LogP contribution in [0.1, 0.15) is 63.4 Å². The second-order valence-electron chi connectivity index (χ2n) is 14.1. The highest BCUT2D eigenvalue weighted by atomic mass is 32.2. The normalized spacial score (nSPS) is 27.4. The Bertz CT molecular complexity index is 2040. The van der Waals surface area contributed by atoms with Crippen LogP contribution in [0.25, 0.3) is 10.2 Å². The van der Waals surface area contributed by atoms with Gasteiger partial charge in [0.25, 0.3) is 11.1 Å². The van der Waals surface area contributed by atoms with Gasteiger partial charge in [-0.25, -0.2) is 13.4 Å². The molecule has 7 rings (SSSR count). The van der Waals surface area contributed by atoms with E-state index in [1.54, 1.807) is 19.2 Å². The number of rotatable bonds is 8. The number of carbonyl (C=O) groups excluding carboxylic acids is 3. The Hall–Kier alpha value is -4.38. The van der Waals surface area contributed by atoms with Gasteiger partial charge in [0.1, 0.15) is 29.5 Å². The second kappa shape index (κ2) is 14.5. The molecule has 3 heterocycles. The van der Waals surface area contributed by atoms with Crippen molar-refractivity contribution >= 4 is 55.0 Å². The number of sulfonamides is 1. The summed E-state index contributed by atoms with van der Waals surface area (Å²) in [5, 5.41) is 5.49. The molecule has 0 bridgehead atoms. The number of anilines is 1. The quantitative estimate of drug-likeness (QED) is 0.264. The highest BCUT2D eigenvalue weighted by molar-refractivity contribution is 7.91. The lowest BCUT2D eigenvalue weighted by molar-refractivity contribution is -0.140. The molecule has 3 fully saturated rings. The molecule has 2 aliphatic carbocycles. The molecule has 2 aromatic carbocycles. The molecule has 1 saturated heterocycles. The van der Waals surface area contributed by atoms with Crippen molar-refractivity contribution in [2.45, 2.75) is 92.9 Å². The Balaban J connectivity index is 1.19. The number of hydrogen-bond acceptors (Lipinski definition) is 10. The molecule has 12 nitrogen and oxygen atoms in total. The number of fused-ring (bicyclic) bond motifs is 3. The van der Waals surface area contributed by atoms with Gasteiger partial charge < -0.3 is 25.0 Å². The van der Waals surface area contributed by atoms with Crippen LogP contribution in [-0.2, 0) is 30.6 Å². The highest BCUT2D eigenvalue weighted by Crippen LogP contribution is 2.46. The molecular formula is C36H40F3N5O7S2. The van der Waals surface area contributed by atoms with Crippen molar-refractivity contribution in [3.05, 3.63) is 60.2 Å². The molecule has 0 spiro atoms. The zero-order valence-electron chi connectivity index (χ0n) is 28.9. The third-order valence-electron chi connectivity index (χ3n) is 10.2. The van der Waals surface area contributed by atoms with Crippen molar-refractivity contribution in [1.82, 2.24) is 19.9 Å². The molecule has 2 aliphatic heterocycles. The molecule has 3 aromatic rings. The fourth-order valence-electron chi connectivity index (χ4n) is 7.04. The van der Waals surface area contributed by atoms with Crippen LogP contribution in [0.15, 0.2) is 54.6 Å². The van der Waals surface area contributed by atoms with E-state index in [1.165, 1.54) is 28.4 Å². The molecular weight excluding hydrogens is 736 g/mol. The first-order valence-corrected chi connectivity index (χ1v) is 20.0. The number of nitrogens with one attached hydrogen (secondary N) is 3. The van der Waals surface area contributed by atoms with Crippen molar-refractivity contribution in [2.75, 3.05) is 19.0 Å². The van der Waals surface area contributed by atoms with Crippen LogP contribution >= 0.6 is 11.3 Å². The zero-order chi connectivity index (χ0) is 37.5. The van der Waals surface area contributed by atoms with E-state index in [9.17, 15) is 36.0 Å². The fourth-order valence-corrected chi connectivity index (χ4v) is 9.31. The Morgan fingerprint density at radius 1 is 1.09 bits per heavy atom. The van der Waals surface area contributed by atoms with E-state index in [4.69, 9.17) is 9.47 Å². The molecule has 3 amide bonds. The zero-order valence-corrected chi connectivity index (χ0v) is 30.5. The summed E-state index contributed by atoms with van der Waals surface area (Å²) in [5.41, 5.74) is -1.64. The van der Waals surface area contributed by atoms with Crippen LogP contribution in [0.4, 0.5) is 18.9 Å². The summed E-state index contributed by atoms with van der Waals surface area (Å²) in [6.07, 6.45) is 2.48. The number of alkyl halides is 3. The minimum Gasteiger partial charge on any atom is -0.497 e. The molecule has 5 atom stereocenters. The summed E-state index contributed by atoms with van der Waals surface area (Å²) in [5.74, 6) is -1.83. The minimum absolute atomic E-state index is 0.0195. The van der Waals surface area contributed by atoms with Gasteiger partial charge >= 0.3 is 6.18 Å². The Morgan fingerprint density at radius 3 is 2.66 bits per heavy atom. The SMILES string of the molecule is COc1ccc2nc(O[C@@H]3C[C@H]4C(=O)N[C@]5(C(=O)NS(=O)(=O)C6CC6)C[C@@H]5/C=C\CCCCC[C@H](Nc5cccc(C(F)(F)F)c5)C(=O)N4C3)sc2c1. The third-order valence-corrected chi connectivity index (χ3v) is 12.9. The predicted octanol–water partition coefficient (Wildman–Crippen LogP) is 5.16. The Labute approximate surface area is 308 Å². The molecule has 2 saturated carbocycles. The number of allylic oxidation sites excluding steroid dienone is 1. The third kappa shape index (κ3) is 8.10. The Kier molecular flexibility index (Phi) is 10.1. The highest BCUT2D eigenvalue weighted by Gasteiger charge is 2.62. The number of nitrogens with zero attached hydrogens (tertiary/aromatic N) is 2. The van der Waals surface area contributed by atoms with E-state index in [-0.39, 0.29) is 31.5 Å². The van der Waals surface area contributed by atoms with Gasteiger partial charge in [0.05, 0.1) is 34.7 Å². The molecule has 0 radical (unpaired) electrons. The van der Waals surface area contributed by atoms with Gasteiger partial charge in [-0.2, -0.15) is 13.2 Å². The van der Waals surface area contributed by atoms with Gasteiger partial charge in [-0.15, -0.1) is 0 Å². The maximum absolute atomic E-state index is 14.5. The first kappa shape index (κ1) is 37.0. The maximum Gasteiger partial charge on any atom is 0.416 e. The van der Waals surface area contributed by atoms with Crippen molar-refractivity contribution in [3.63, 3.8) is 0 Å². The summed E-state index contributed by atoms with van der Waals surface area (Å²) < 4.78 is 80.9. The van der Waals surface area contributed by atoms with Crippen LogP contribution in [-0.4, -0.2) is 78.7 Å². The lowest BCUT2D eigenvalue weighted by atomic mass is 10.0. The summed E-state index contributed by atoms with van der Waals surface area (Å²) in [7, 11) is -2.37. The number of ether oxygens (including phenoxy) is 2. The number of benzene rings is 2. The van der Waals surface area contributed by atoms with Gasteiger partial charge in [-0.05, 0) is 74.9 Å². The van der Waals surface area contributed by atoms with Crippen molar-refractivity contribution in [2.24, 2.45) is 5.92 Å². The van der Waals surface area contributed by atoms with E-state index in [0.717, 1.165) is 23.3 Å². The predicted molar refractivity (Wildman–Crippen MR) is 191 cm³/mol. The maximum atomic E-state index is 14.5. The molecule has 3 N–H and O–H groups in total. The molecule has 17 heteroatoms. The van der Waals surface area contributed by atoms with Gasteiger partial charge in [0, 0.05) is 18.0 Å². The van der Waals surface area contributed by atoms with E-state index >= 15 is 0 Å². The Morgan fingerprint density at radius 2 is 1.91 bits per heavy atom. The summed E-state index contributed by atoms with van der Waals surface area (Å²) in [6.45, 7) is -0.0461. The van der Waals surface area contributed by atoms with Gasteiger partial charge in [-0.3, -0.25) is 19.1 Å². The van der Waals surface area contributed by atoms with Crippen LogP contribution in [0.5, 0.6) is 10.9 Å². The number of carbonyl (C=O) groups is 3. The van der Waals surface area contributed by atoms with Gasteiger partial charge in [0.15, 0.2) is 0 Å². The van der Waals surface area contributed by atoms with Crippen LogP contribution in [0.2, 0.25) is 0 Å². The van der Waals surface area contributed by atoms with Crippen molar-refractivity contribution in [1.29, 1.82) is 0 Å². The first-order valence-electron chi connectivity index (χ1n) is 17.7. The summed E-state index contributed by atoms with van der Waals surface area (Å²) in [6, 6.07) is 7.84. The molecule has 1 aromatic heterocycles. The average Bonchev–Trinajstić information content (AvgIpc) is 4.01. The summed E-state index contributed by atoms with van der Waals surface area (Å²) >= 11 is 1.27. The summed E-state index contributed by atoms with van der Waals surface area (Å²) in [4.78, 5) is 48.3. The van der Waals surface area contributed by atoms with E-state index in [1.807, 2.05) is 18.2 Å². The number of aromatic nitrogens is 1. The van der Waals surface area contributed by atoms with Gasteiger partial charge in [0.2, 0.25) is 21.8 Å². The average molecular weight is 776 g/mol. The van der Waals surface area contributed by atoms with Crippen LogP contribution in [0.3, 0.4) is 0 Å². The lowest BCUT2D eigenvalue weighted by Gasteiger charge is -2.30. The standard InChI is InChI=1S/C36H40F3N5O7S2/c1-50-24-12-15-27-30(18-24)52-34(41-27)51-25-17-29-31(45)42-35(33(47)43-53(48,49)26-13-14-26)19-22(35)8-5-3-2-4-6-11-28(32(46)44(29)20-25)40-23-10-7-9-21(16-23)36(37,38)39/h5,7-10,12,15-16,18,22,25-26,28-29,40H,2-4,6,11,13-14,17,19-20H2,1H3,(H,42,45)(H,43,47)/b8-5-/t22-,25+,28-,29-,35+/m0/s1. The monoisotopic (exact) mass is 775 g/mol. The van der Waals surface area contributed by atoms with Gasteiger partial charge in [-0.1, -0.05) is 42.4 Å². The molecule has 4 aliphatic rings. The molecule has 53 heavy (non-hydrogen) atoms. The van der Waals surface area contributed by atoms with E-state index in [0.29, 0.717) is 48.6 Å². The smallest absolute Gasteiger partial charge is 0.416 e. The second-order valence-corrected chi connectivity index (χ2v) is 17.0. The minimum atomic E-state index is -4.59. The van der Waals surface area contributed by atoms with Crippen molar-refractivity contribution < 1.29 is 45.4 Å². The number of thiazole rings is 1. The largest absolute Gasteiger partial charge is 0.497 e. The van der Waals surface area contributed by atoms with E-state index < -0.39 is 74.4 Å². The number of hydrogen-bond donors (Lipinski definition) is 3. The fraction of sp³-hybridized carbons (Fsp3) is 0.500. The first-order chi connectivity index (χ1) is 25.3. The number of methoxy groups -OCH3 is 1. The van der Waals surface area contributed by atoms with Crippen LogP contribution < -0.4 is 24.8 Å². The van der Waals surface area contributed by atoms with E-state index in [2.05, 4.69) is 20.3 Å². The van der Waals surface area contributed by atoms with Crippen LogP contribution in [0, 0.1) is 5.92 Å².